The summed E-state index contributed by atoms with van der Waals surface area (Å²) in [6.45, 7) is -0.0521. The molecule has 2 aliphatic heterocycles. The summed E-state index contributed by atoms with van der Waals surface area (Å²) in [4.78, 5) is 22.5. The third-order valence-corrected chi connectivity index (χ3v) is 5.75. The largest absolute Gasteiger partial charge is 0.490 e. The van der Waals surface area contributed by atoms with Crippen LogP contribution in [0.15, 0.2) is 39.6 Å². The van der Waals surface area contributed by atoms with Crippen LogP contribution in [0.1, 0.15) is 16.8 Å². The predicted molar refractivity (Wildman–Crippen MR) is 104 cm³/mol. The Morgan fingerprint density at radius 3 is 2.68 bits per heavy atom. The summed E-state index contributed by atoms with van der Waals surface area (Å²) in [6.07, 6.45) is 0.560. The number of nitro groups is 1. The third-order valence-electron chi connectivity index (χ3n) is 4.36. The summed E-state index contributed by atoms with van der Waals surface area (Å²) < 4.78 is 57.6. The number of nitrogens with one attached hydrogen (secondary N) is 1. The van der Waals surface area contributed by atoms with Crippen LogP contribution in [-0.4, -0.2) is 45.0 Å². The van der Waals surface area contributed by atoms with Crippen LogP contribution in [0.4, 0.5) is 15.8 Å². The SMILES string of the molecule is O=C(OCC1=NS(=O)(=O)c2c(F)cccc2N1)c1cc2c(cc1[N+](=O)[O-])OCCCO2. The molecule has 31 heavy (non-hydrogen) atoms. The number of ether oxygens (including phenoxy) is 3. The van der Waals surface area contributed by atoms with Crippen molar-refractivity contribution >= 4 is 33.2 Å². The summed E-state index contributed by atoms with van der Waals surface area (Å²) in [7, 11) is -4.36. The highest BCUT2D eigenvalue weighted by Crippen LogP contribution is 2.36. The fourth-order valence-electron chi connectivity index (χ4n) is 3.03. The van der Waals surface area contributed by atoms with E-state index in [4.69, 9.17) is 14.2 Å². The number of halogens is 1. The zero-order chi connectivity index (χ0) is 22.2. The molecule has 0 bridgehead atoms. The minimum atomic E-state index is -4.36. The van der Waals surface area contributed by atoms with Gasteiger partial charge in [0.2, 0.25) is 0 Å². The van der Waals surface area contributed by atoms with Crippen molar-refractivity contribution in [2.75, 3.05) is 25.1 Å². The Bertz CT molecular complexity index is 1230. The van der Waals surface area contributed by atoms with E-state index in [0.717, 1.165) is 18.2 Å². The Morgan fingerprint density at radius 2 is 1.97 bits per heavy atom. The van der Waals surface area contributed by atoms with Crippen LogP contribution in [0.3, 0.4) is 0 Å². The van der Waals surface area contributed by atoms with E-state index in [0.29, 0.717) is 19.6 Å². The molecule has 0 radical (unpaired) electrons. The Balaban J connectivity index is 1.58. The lowest BCUT2D eigenvalue weighted by Crippen LogP contribution is -2.27. The van der Waals surface area contributed by atoms with E-state index in [1.54, 1.807) is 0 Å². The van der Waals surface area contributed by atoms with Crippen LogP contribution in [0, 0.1) is 15.9 Å². The molecule has 0 aliphatic carbocycles. The van der Waals surface area contributed by atoms with Crippen molar-refractivity contribution in [3.8, 4) is 11.5 Å². The average Bonchev–Trinajstić information content (AvgIpc) is 2.95. The fraction of sp³-hybridized carbons (Fsp3) is 0.222. The van der Waals surface area contributed by atoms with Gasteiger partial charge in [-0.1, -0.05) is 6.07 Å². The first kappa shape index (κ1) is 20.5. The van der Waals surface area contributed by atoms with E-state index in [9.17, 15) is 27.7 Å². The minimum Gasteiger partial charge on any atom is -0.490 e. The monoisotopic (exact) mass is 451 g/mol. The second kappa shape index (κ2) is 7.83. The number of benzene rings is 2. The lowest BCUT2D eigenvalue weighted by atomic mass is 10.1. The molecule has 0 fully saturated rings. The molecule has 13 heteroatoms. The molecule has 1 N–H and O–H groups in total. The number of esters is 1. The summed E-state index contributed by atoms with van der Waals surface area (Å²) >= 11 is 0. The van der Waals surface area contributed by atoms with Crippen LogP contribution in [0.2, 0.25) is 0 Å². The van der Waals surface area contributed by atoms with Crippen molar-refractivity contribution in [2.45, 2.75) is 11.3 Å². The van der Waals surface area contributed by atoms with Gasteiger partial charge in [-0.3, -0.25) is 10.1 Å². The number of carbonyl (C=O) groups is 1. The zero-order valence-electron chi connectivity index (χ0n) is 15.7. The van der Waals surface area contributed by atoms with Crippen molar-refractivity contribution in [2.24, 2.45) is 4.40 Å². The van der Waals surface area contributed by atoms with Gasteiger partial charge in [-0.2, -0.15) is 8.42 Å². The Kier molecular flexibility index (Phi) is 5.19. The number of rotatable bonds is 4. The number of hydrogen-bond donors (Lipinski definition) is 1. The van der Waals surface area contributed by atoms with Crippen LogP contribution in [0.25, 0.3) is 0 Å². The first-order valence-corrected chi connectivity index (χ1v) is 10.3. The number of hydrogen-bond acceptors (Lipinski definition) is 9. The summed E-state index contributed by atoms with van der Waals surface area (Å²) in [5, 5.41) is 14.0. The highest BCUT2D eigenvalue weighted by Gasteiger charge is 2.30. The maximum absolute atomic E-state index is 13.9. The van der Waals surface area contributed by atoms with Gasteiger partial charge in [0.15, 0.2) is 23.9 Å². The van der Waals surface area contributed by atoms with E-state index in [1.165, 1.54) is 12.1 Å². The molecular formula is C18H14FN3O8S. The summed E-state index contributed by atoms with van der Waals surface area (Å²) in [5.74, 6) is -2.09. The first-order chi connectivity index (χ1) is 14.8. The molecule has 0 saturated carbocycles. The van der Waals surface area contributed by atoms with Gasteiger partial charge >= 0.3 is 5.97 Å². The normalized spacial score (nSPS) is 16.2. The molecule has 2 heterocycles. The highest BCUT2D eigenvalue weighted by atomic mass is 32.2. The minimum absolute atomic E-state index is 0.0670. The maximum atomic E-state index is 13.9. The van der Waals surface area contributed by atoms with Gasteiger partial charge in [0.05, 0.1) is 29.9 Å². The van der Waals surface area contributed by atoms with Crippen molar-refractivity contribution in [3.63, 3.8) is 0 Å². The van der Waals surface area contributed by atoms with E-state index < -0.39 is 49.5 Å². The smallest absolute Gasteiger partial charge is 0.345 e. The molecule has 0 atom stereocenters. The molecule has 2 aromatic carbocycles. The molecule has 0 saturated heterocycles. The molecule has 4 rings (SSSR count). The van der Waals surface area contributed by atoms with Crippen LogP contribution < -0.4 is 14.8 Å². The molecule has 0 spiro atoms. The van der Waals surface area contributed by atoms with Gasteiger partial charge in [-0.25, -0.2) is 9.18 Å². The zero-order valence-corrected chi connectivity index (χ0v) is 16.5. The van der Waals surface area contributed by atoms with Crippen LogP contribution in [-0.2, 0) is 14.8 Å². The molecule has 162 valence electrons. The van der Waals surface area contributed by atoms with Gasteiger partial charge in [0.1, 0.15) is 16.3 Å². The number of amidine groups is 1. The predicted octanol–water partition coefficient (Wildman–Crippen LogP) is 2.26. The molecular weight excluding hydrogens is 437 g/mol. The number of fused-ring (bicyclic) bond motifs is 2. The van der Waals surface area contributed by atoms with Crippen molar-refractivity contribution in [3.05, 3.63) is 51.8 Å². The fourth-order valence-corrected chi connectivity index (χ4v) is 4.22. The Hall–Kier alpha value is -3.74. The quantitative estimate of drug-likeness (QED) is 0.420. The molecule has 0 unspecified atom stereocenters. The number of carbonyl (C=O) groups excluding carboxylic acids is 1. The first-order valence-electron chi connectivity index (χ1n) is 8.91. The number of anilines is 1. The van der Waals surface area contributed by atoms with Gasteiger partial charge in [0.25, 0.3) is 15.7 Å². The maximum Gasteiger partial charge on any atom is 0.345 e. The van der Waals surface area contributed by atoms with E-state index in [2.05, 4.69) is 9.71 Å². The number of nitrogens with zero attached hydrogens (tertiary/aromatic N) is 2. The lowest BCUT2D eigenvalue weighted by Gasteiger charge is -2.18. The number of sulfonamides is 1. The van der Waals surface area contributed by atoms with Gasteiger partial charge in [-0.05, 0) is 12.1 Å². The standard InChI is InChI=1S/C18H14FN3O8S/c19-11-3-1-4-12-17(11)31(26,27)21-16(20-12)9-30-18(23)10-7-14-15(8-13(10)22(24)25)29-6-2-5-28-14/h1,3-4,7-8H,2,5-6,9H2,(H,20,21). The van der Waals surface area contributed by atoms with Crippen molar-refractivity contribution < 1.29 is 36.7 Å². The summed E-state index contributed by atoms with van der Waals surface area (Å²) in [6, 6.07) is 5.80. The molecule has 0 aromatic heterocycles. The van der Waals surface area contributed by atoms with Gasteiger partial charge < -0.3 is 19.5 Å². The van der Waals surface area contributed by atoms with Gasteiger partial charge in [0, 0.05) is 12.5 Å². The topological polar surface area (TPSA) is 146 Å². The lowest BCUT2D eigenvalue weighted by molar-refractivity contribution is -0.385. The second-order valence-electron chi connectivity index (χ2n) is 6.45. The van der Waals surface area contributed by atoms with E-state index in [-0.39, 0.29) is 23.0 Å². The van der Waals surface area contributed by atoms with Crippen LogP contribution >= 0.6 is 0 Å². The van der Waals surface area contributed by atoms with E-state index >= 15 is 0 Å². The number of nitro benzene ring substituents is 1. The second-order valence-corrected chi connectivity index (χ2v) is 8.00. The molecule has 2 aliphatic rings. The Labute approximate surface area is 174 Å². The summed E-state index contributed by atoms with van der Waals surface area (Å²) in [5.41, 5.74) is -1.03. The van der Waals surface area contributed by atoms with Gasteiger partial charge in [-0.15, -0.1) is 4.40 Å². The molecule has 11 nitrogen and oxygen atoms in total. The van der Waals surface area contributed by atoms with E-state index in [1.807, 2.05) is 0 Å². The highest BCUT2D eigenvalue weighted by molar-refractivity contribution is 7.90. The van der Waals surface area contributed by atoms with Crippen molar-refractivity contribution in [1.82, 2.24) is 0 Å². The molecule has 0 amide bonds. The molecule has 2 aromatic rings. The Morgan fingerprint density at radius 1 is 1.26 bits per heavy atom. The van der Waals surface area contributed by atoms with Crippen molar-refractivity contribution in [1.29, 1.82) is 0 Å². The average molecular weight is 451 g/mol. The van der Waals surface area contributed by atoms with Crippen LogP contribution in [0.5, 0.6) is 11.5 Å². The third kappa shape index (κ3) is 3.99.